The van der Waals surface area contributed by atoms with Crippen molar-refractivity contribution >= 4 is 46.6 Å². The standard InChI is InChI=1S/C23H24Cl3FN2O2/c1-14(23(31)28-16-5-2-3-6-16)29(13-15-9-10-19(25)20(26)11-15)22(30)12-17-18(24)7-4-8-21(17)27/h4,7-11,14,16H,2-3,5-6,12-13H2,1H3,(H,28,31)/t14-/m1/s1. The average molecular weight is 486 g/mol. The highest BCUT2D eigenvalue weighted by molar-refractivity contribution is 6.42. The predicted molar refractivity (Wildman–Crippen MR) is 122 cm³/mol. The van der Waals surface area contributed by atoms with Crippen LogP contribution in [0.4, 0.5) is 4.39 Å². The molecule has 1 saturated carbocycles. The van der Waals surface area contributed by atoms with Gasteiger partial charge >= 0.3 is 0 Å². The summed E-state index contributed by atoms with van der Waals surface area (Å²) < 4.78 is 14.3. The van der Waals surface area contributed by atoms with Crippen molar-refractivity contribution in [1.82, 2.24) is 10.2 Å². The van der Waals surface area contributed by atoms with Crippen molar-refractivity contribution in [1.29, 1.82) is 0 Å². The number of hydrogen-bond acceptors (Lipinski definition) is 2. The third-order valence-electron chi connectivity index (χ3n) is 5.60. The van der Waals surface area contributed by atoms with E-state index in [0.717, 1.165) is 25.7 Å². The number of nitrogens with zero attached hydrogens (tertiary/aromatic N) is 1. The number of nitrogens with one attached hydrogen (secondary N) is 1. The molecular formula is C23H24Cl3FN2O2. The minimum Gasteiger partial charge on any atom is -0.352 e. The molecule has 166 valence electrons. The second-order valence-corrected chi connectivity index (χ2v) is 9.03. The normalized spacial score (nSPS) is 15.0. The first-order valence-corrected chi connectivity index (χ1v) is 11.4. The van der Waals surface area contributed by atoms with Crippen LogP contribution >= 0.6 is 34.8 Å². The maximum atomic E-state index is 14.3. The number of carbonyl (C=O) groups excluding carboxylic acids is 2. The minimum absolute atomic E-state index is 0.108. The summed E-state index contributed by atoms with van der Waals surface area (Å²) in [4.78, 5) is 27.5. The molecule has 0 heterocycles. The summed E-state index contributed by atoms with van der Waals surface area (Å²) >= 11 is 18.2. The van der Waals surface area contributed by atoms with Crippen LogP contribution in [0.5, 0.6) is 0 Å². The highest BCUT2D eigenvalue weighted by Crippen LogP contribution is 2.25. The Morgan fingerprint density at radius 3 is 2.45 bits per heavy atom. The molecule has 0 aliphatic heterocycles. The third kappa shape index (κ3) is 6.12. The number of rotatable bonds is 7. The van der Waals surface area contributed by atoms with Crippen LogP contribution in [-0.2, 0) is 22.6 Å². The molecule has 0 saturated heterocycles. The van der Waals surface area contributed by atoms with Gasteiger partial charge in [-0.15, -0.1) is 0 Å². The number of benzene rings is 2. The molecule has 1 fully saturated rings. The Labute approximate surface area is 196 Å². The number of halogens is 4. The summed E-state index contributed by atoms with van der Waals surface area (Å²) in [7, 11) is 0. The van der Waals surface area contributed by atoms with Gasteiger partial charge in [-0.3, -0.25) is 9.59 Å². The lowest BCUT2D eigenvalue weighted by atomic mass is 10.1. The molecule has 0 unspecified atom stereocenters. The Kier molecular flexibility index (Phi) is 8.20. The lowest BCUT2D eigenvalue weighted by molar-refractivity contribution is -0.140. The van der Waals surface area contributed by atoms with E-state index in [9.17, 15) is 14.0 Å². The van der Waals surface area contributed by atoms with Crippen LogP contribution < -0.4 is 5.32 Å². The molecule has 1 atom stereocenters. The Morgan fingerprint density at radius 2 is 1.81 bits per heavy atom. The maximum Gasteiger partial charge on any atom is 0.242 e. The summed E-state index contributed by atoms with van der Waals surface area (Å²) in [6, 6.07) is 8.68. The van der Waals surface area contributed by atoms with Crippen molar-refractivity contribution in [3.63, 3.8) is 0 Å². The molecule has 0 aromatic heterocycles. The number of hydrogen-bond donors (Lipinski definition) is 1. The fourth-order valence-electron chi connectivity index (χ4n) is 3.76. The second kappa shape index (κ2) is 10.7. The first-order valence-electron chi connectivity index (χ1n) is 10.2. The van der Waals surface area contributed by atoms with E-state index in [0.29, 0.717) is 15.6 Å². The fourth-order valence-corrected chi connectivity index (χ4v) is 4.31. The molecule has 3 rings (SSSR count). The van der Waals surface area contributed by atoms with Gasteiger partial charge in [0.1, 0.15) is 11.9 Å². The van der Waals surface area contributed by atoms with E-state index in [1.807, 2.05) is 0 Å². The van der Waals surface area contributed by atoms with Gasteiger partial charge in [0.15, 0.2) is 0 Å². The SMILES string of the molecule is C[C@H](C(=O)NC1CCCC1)N(Cc1ccc(Cl)c(Cl)c1)C(=O)Cc1c(F)cccc1Cl. The molecule has 0 radical (unpaired) electrons. The quantitative estimate of drug-likeness (QED) is 0.538. The van der Waals surface area contributed by atoms with Gasteiger partial charge in [0.2, 0.25) is 11.8 Å². The summed E-state index contributed by atoms with van der Waals surface area (Å²) in [5.41, 5.74) is 0.819. The highest BCUT2D eigenvalue weighted by atomic mass is 35.5. The van der Waals surface area contributed by atoms with Gasteiger partial charge in [-0.25, -0.2) is 4.39 Å². The smallest absolute Gasteiger partial charge is 0.242 e. The molecular weight excluding hydrogens is 462 g/mol. The van der Waals surface area contributed by atoms with Crippen molar-refractivity contribution in [3.05, 3.63) is 68.4 Å². The van der Waals surface area contributed by atoms with Crippen molar-refractivity contribution in [2.45, 2.75) is 57.7 Å². The van der Waals surface area contributed by atoms with Gasteiger partial charge in [0.25, 0.3) is 0 Å². The molecule has 1 aliphatic rings. The Morgan fingerprint density at radius 1 is 1.10 bits per heavy atom. The molecule has 0 spiro atoms. The van der Waals surface area contributed by atoms with Crippen LogP contribution in [0.25, 0.3) is 0 Å². The molecule has 2 aromatic rings. The number of carbonyl (C=O) groups is 2. The van der Waals surface area contributed by atoms with Crippen molar-refractivity contribution < 1.29 is 14.0 Å². The van der Waals surface area contributed by atoms with E-state index >= 15 is 0 Å². The zero-order valence-corrected chi connectivity index (χ0v) is 19.4. The molecule has 31 heavy (non-hydrogen) atoms. The molecule has 4 nitrogen and oxygen atoms in total. The monoisotopic (exact) mass is 484 g/mol. The molecule has 1 aliphatic carbocycles. The summed E-state index contributed by atoms with van der Waals surface area (Å²) in [5, 5.41) is 3.95. The zero-order chi connectivity index (χ0) is 22.5. The molecule has 0 bridgehead atoms. The average Bonchev–Trinajstić information content (AvgIpc) is 3.24. The maximum absolute atomic E-state index is 14.3. The Bertz CT molecular complexity index is 944. The van der Waals surface area contributed by atoms with Gasteiger partial charge in [-0.05, 0) is 49.6 Å². The topological polar surface area (TPSA) is 49.4 Å². The van der Waals surface area contributed by atoms with Gasteiger partial charge in [-0.2, -0.15) is 0 Å². The molecule has 2 amide bonds. The van der Waals surface area contributed by atoms with E-state index in [1.54, 1.807) is 25.1 Å². The van der Waals surface area contributed by atoms with E-state index < -0.39 is 17.8 Å². The van der Waals surface area contributed by atoms with Crippen LogP contribution in [0, 0.1) is 5.82 Å². The molecule has 1 N–H and O–H groups in total. The van der Waals surface area contributed by atoms with E-state index in [1.165, 1.54) is 23.1 Å². The van der Waals surface area contributed by atoms with Gasteiger partial charge in [-0.1, -0.05) is 59.8 Å². The summed E-state index contributed by atoms with van der Waals surface area (Å²) in [6.45, 7) is 1.80. The van der Waals surface area contributed by atoms with Crippen molar-refractivity contribution in [2.75, 3.05) is 0 Å². The van der Waals surface area contributed by atoms with Crippen LogP contribution in [0.15, 0.2) is 36.4 Å². The number of amides is 2. The Hall–Kier alpha value is -1.82. The van der Waals surface area contributed by atoms with Crippen LogP contribution in [-0.4, -0.2) is 28.8 Å². The lowest BCUT2D eigenvalue weighted by Gasteiger charge is -2.30. The largest absolute Gasteiger partial charge is 0.352 e. The summed E-state index contributed by atoms with van der Waals surface area (Å²) in [5.74, 6) is -1.20. The second-order valence-electron chi connectivity index (χ2n) is 7.81. The van der Waals surface area contributed by atoms with Crippen molar-refractivity contribution in [3.8, 4) is 0 Å². The Balaban J connectivity index is 1.83. The van der Waals surface area contributed by atoms with Gasteiger partial charge in [0, 0.05) is 23.2 Å². The minimum atomic E-state index is -0.756. The van der Waals surface area contributed by atoms with Crippen LogP contribution in [0.2, 0.25) is 15.1 Å². The third-order valence-corrected chi connectivity index (χ3v) is 6.69. The molecule has 2 aromatic carbocycles. The van der Waals surface area contributed by atoms with E-state index in [2.05, 4.69) is 5.32 Å². The first kappa shape index (κ1) is 23.8. The zero-order valence-electron chi connectivity index (χ0n) is 17.1. The van der Waals surface area contributed by atoms with Gasteiger partial charge in [0.05, 0.1) is 16.5 Å². The van der Waals surface area contributed by atoms with Gasteiger partial charge < -0.3 is 10.2 Å². The van der Waals surface area contributed by atoms with E-state index in [-0.39, 0.29) is 35.5 Å². The first-order chi connectivity index (χ1) is 14.8. The van der Waals surface area contributed by atoms with E-state index in [4.69, 9.17) is 34.8 Å². The van der Waals surface area contributed by atoms with Crippen molar-refractivity contribution in [2.24, 2.45) is 0 Å². The predicted octanol–water partition coefficient (Wildman–Crippen LogP) is 5.80. The summed E-state index contributed by atoms with van der Waals surface area (Å²) in [6.07, 6.45) is 3.77. The van der Waals surface area contributed by atoms with Crippen LogP contribution in [0.1, 0.15) is 43.7 Å². The fraction of sp³-hybridized carbons (Fsp3) is 0.391. The molecule has 8 heteroatoms. The lowest BCUT2D eigenvalue weighted by Crippen LogP contribution is -2.50. The van der Waals surface area contributed by atoms with Crippen LogP contribution in [0.3, 0.4) is 0 Å². The highest BCUT2D eigenvalue weighted by Gasteiger charge is 2.29.